The molecule has 18 aromatic rings. The van der Waals surface area contributed by atoms with Crippen LogP contribution in [0.3, 0.4) is 0 Å². The first-order valence-corrected chi connectivity index (χ1v) is 32.9. The fourth-order valence-corrected chi connectivity index (χ4v) is 12.9. The third-order valence-corrected chi connectivity index (χ3v) is 17.4. The van der Waals surface area contributed by atoms with Crippen molar-refractivity contribution >= 4 is 16.9 Å². The minimum atomic E-state index is 0. The molecule has 0 bridgehead atoms. The monoisotopic (exact) mass is 1850 g/mol. The third-order valence-electron chi connectivity index (χ3n) is 17.4. The van der Waals surface area contributed by atoms with Gasteiger partial charge in [0.2, 0.25) is 0 Å². The van der Waals surface area contributed by atoms with Crippen LogP contribution in [-0.4, -0.2) is 43.8 Å². The molecule has 0 saturated heterocycles. The van der Waals surface area contributed by atoms with E-state index in [0.717, 1.165) is 78.3 Å². The van der Waals surface area contributed by atoms with Crippen LogP contribution in [0.1, 0.15) is 0 Å². The van der Waals surface area contributed by atoms with E-state index in [2.05, 4.69) is 237 Å². The summed E-state index contributed by atoms with van der Waals surface area (Å²) < 4.78 is 5.62. The van der Waals surface area contributed by atoms with E-state index in [-0.39, 0.29) is 60.3 Å². The number of fused-ring (bicyclic) bond motifs is 3. The molecule has 0 aliphatic heterocycles. The normalized spacial score (nSPS) is 10.7. The Morgan fingerprint density at radius 2 is 0.598 bits per heavy atom. The van der Waals surface area contributed by atoms with Crippen molar-refractivity contribution in [3.8, 4) is 134 Å². The number of rotatable bonds is 12. The summed E-state index contributed by atoms with van der Waals surface area (Å²) in [5.41, 5.74) is 25.6. The number of benzene rings is 12. The van der Waals surface area contributed by atoms with Gasteiger partial charge in [0.05, 0.1) is 23.2 Å². The second-order valence-corrected chi connectivity index (χ2v) is 23.6. The Morgan fingerprint density at radius 3 is 1.06 bits per heavy atom. The van der Waals surface area contributed by atoms with Crippen LogP contribution in [0.4, 0.5) is 0 Å². The van der Waals surface area contributed by atoms with Gasteiger partial charge in [-0.25, -0.2) is 13.5 Å². The fourth-order valence-electron chi connectivity index (χ4n) is 12.9. The molecule has 12 heteroatoms. The average Bonchev–Trinajstić information content (AvgIpc) is 1.35. The largest absolute Gasteiger partial charge is 0.258 e. The predicted octanol–water partition coefficient (Wildman–Crippen LogP) is 21.6. The van der Waals surface area contributed by atoms with Crippen molar-refractivity contribution in [3.05, 3.63) is 382 Å². The van der Waals surface area contributed by atoms with Gasteiger partial charge in [0, 0.05) is 89.4 Å². The molecule has 495 valence electrons. The average molecular weight is 1840 g/mol. The van der Waals surface area contributed by atoms with Gasteiger partial charge in [-0.05, 0) is 109 Å². The Hall–Kier alpha value is -11.6. The fraction of sp³-hybridized carbons (Fsp3) is 0. The molecule has 0 atom stereocenters. The van der Waals surface area contributed by atoms with Gasteiger partial charge in [-0.1, -0.05) is 260 Å². The van der Waals surface area contributed by atoms with Gasteiger partial charge in [0.15, 0.2) is 5.65 Å². The van der Waals surface area contributed by atoms with Gasteiger partial charge in [-0.3, -0.25) is 15.0 Å². The van der Waals surface area contributed by atoms with Crippen molar-refractivity contribution in [1.29, 1.82) is 0 Å². The molecule has 0 N–H and O–H groups in total. The molecule has 9 nitrogen and oxygen atoms in total. The summed E-state index contributed by atoms with van der Waals surface area (Å²) in [6, 6.07) is 130. The van der Waals surface area contributed by atoms with Crippen molar-refractivity contribution in [2.45, 2.75) is 0 Å². The third kappa shape index (κ3) is 14.4. The standard InChI is InChI=1S/3C30H20N3.3Ir/c1-4-12-22(13-5-1)25-18-10-19-26(23-14-6-2-7-15-23)28(25)27-20-11-21-33-30(27)31-29(32-33)24-16-8-3-9-17-24;1-4-12-22(13-5-1)25-18-10-19-26(23-14-6-2-7-15-23)29(25)27-20-11-21-28-31-30(32-33(27)28)24-16-8-3-9-17-24;1-3-12-22(13-4-1)24-18-11-19-25(23-14-5-2-6-15-23)29(24)26-16-7-8-17-27(26)30-31-28-20-9-10-21-33(28)32-30;;;/h3*1-16,18-21H;;;/q3*-1;;;. The SMILES string of the molecule is [Ir].[Ir].[Ir].[c-]1cccc(-c2c(-c3ccccc3)cccc2-c2ccccc2)c1-c1nc2ccccn2n1.[c-]1ccccc1-c1nc2c(-c3c(-c4ccccc4)cccc3-c3ccccc3)cccn2n1.[c-]1ccccc1-c1nc2cccc(-c3c(-c4ccccc4)cccc3-c3ccccc3)n2n1. The molecule has 102 heavy (non-hydrogen) atoms. The van der Waals surface area contributed by atoms with Crippen LogP contribution in [0.25, 0.3) is 151 Å². The maximum atomic E-state index is 4.95. The predicted molar refractivity (Wildman–Crippen MR) is 401 cm³/mol. The second-order valence-electron chi connectivity index (χ2n) is 23.6. The summed E-state index contributed by atoms with van der Waals surface area (Å²) in [7, 11) is 0. The zero-order chi connectivity index (χ0) is 66.1. The zero-order valence-corrected chi connectivity index (χ0v) is 61.9. The molecule has 0 fully saturated rings. The maximum Gasteiger partial charge on any atom is 0.153 e. The van der Waals surface area contributed by atoms with Crippen molar-refractivity contribution < 1.29 is 60.3 Å². The number of nitrogens with zero attached hydrogens (tertiary/aromatic N) is 9. The molecule has 0 saturated carbocycles. The first-order valence-electron chi connectivity index (χ1n) is 32.9. The van der Waals surface area contributed by atoms with Gasteiger partial charge in [0.25, 0.3) is 0 Å². The van der Waals surface area contributed by atoms with E-state index < -0.39 is 0 Å². The summed E-state index contributed by atoms with van der Waals surface area (Å²) >= 11 is 0. The van der Waals surface area contributed by atoms with Crippen molar-refractivity contribution in [1.82, 2.24) is 43.8 Å². The minimum absolute atomic E-state index is 0. The molecule has 0 amide bonds. The molecular formula is C90H60Ir3N9-3. The van der Waals surface area contributed by atoms with Crippen LogP contribution in [0.15, 0.2) is 364 Å². The van der Waals surface area contributed by atoms with Gasteiger partial charge < -0.3 is 0 Å². The van der Waals surface area contributed by atoms with Gasteiger partial charge in [-0.15, -0.1) is 96.1 Å². The smallest absolute Gasteiger partial charge is 0.153 e. The molecule has 6 aromatic heterocycles. The van der Waals surface area contributed by atoms with Crippen molar-refractivity contribution in [3.63, 3.8) is 0 Å². The van der Waals surface area contributed by atoms with Gasteiger partial charge in [-0.2, -0.15) is 15.3 Å². The first kappa shape index (κ1) is 68.9. The Bertz CT molecular complexity index is 5340. The molecular weight excluding hydrogens is 1780 g/mol. The zero-order valence-electron chi connectivity index (χ0n) is 54.7. The van der Waals surface area contributed by atoms with Crippen molar-refractivity contribution in [2.75, 3.05) is 0 Å². The first-order chi connectivity index (χ1) is 49.1. The Balaban J connectivity index is 0.000000135. The Labute approximate surface area is 632 Å². The van der Waals surface area contributed by atoms with E-state index in [1.165, 1.54) is 55.6 Å². The summed E-state index contributed by atoms with van der Waals surface area (Å²) in [5.74, 6) is 2.00. The van der Waals surface area contributed by atoms with E-state index in [1.54, 1.807) is 4.52 Å². The minimum Gasteiger partial charge on any atom is -0.258 e. The quantitative estimate of drug-likeness (QED) is 0.113. The van der Waals surface area contributed by atoms with Gasteiger partial charge >= 0.3 is 0 Å². The van der Waals surface area contributed by atoms with Crippen LogP contribution in [-0.2, 0) is 60.3 Å². The summed E-state index contributed by atoms with van der Waals surface area (Å²) in [5, 5.41) is 14.4. The molecule has 0 aliphatic carbocycles. The second kappa shape index (κ2) is 32.2. The van der Waals surface area contributed by atoms with Crippen LogP contribution in [0, 0.1) is 18.2 Å². The van der Waals surface area contributed by atoms with Gasteiger partial charge in [0.1, 0.15) is 11.3 Å². The van der Waals surface area contributed by atoms with E-state index in [1.807, 2.05) is 155 Å². The van der Waals surface area contributed by atoms with Crippen molar-refractivity contribution in [2.24, 2.45) is 0 Å². The molecule has 0 unspecified atom stereocenters. The van der Waals surface area contributed by atoms with Crippen LogP contribution < -0.4 is 0 Å². The Morgan fingerprint density at radius 1 is 0.235 bits per heavy atom. The van der Waals surface area contributed by atoms with E-state index in [9.17, 15) is 0 Å². The molecule has 0 spiro atoms. The number of hydrogen-bond acceptors (Lipinski definition) is 6. The summed E-state index contributed by atoms with van der Waals surface area (Å²) in [4.78, 5) is 14.5. The maximum absolute atomic E-state index is 4.95. The van der Waals surface area contributed by atoms with Crippen LogP contribution >= 0.6 is 0 Å². The number of pyridine rings is 3. The van der Waals surface area contributed by atoms with E-state index >= 15 is 0 Å². The molecule has 3 radical (unpaired) electrons. The molecule has 12 aromatic carbocycles. The van der Waals surface area contributed by atoms with Crippen LogP contribution in [0.5, 0.6) is 0 Å². The van der Waals surface area contributed by atoms with E-state index in [4.69, 9.17) is 30.2 Å². The summed E-state index contributed by atoms with van der Waals surface area (Å²) in [6.45, 7) is 0. The summed E-state index contributed by atoms with van der Waals surface area (Å²) in [6.07, 6.45) is 3.87. The molecule has 6 heterocycles. The number of aromatic nitrogens is 9. The topological polar surface area (TPSA) is 90.6 Å². The van der Waals surface area contributed by atoms with E-state index in [0.29, 0.717) is 17.5 Å². The number of hydrogen-bond donors (Lipinski definition) is 0. The molecule has 0 aliphatic rings. The Kier molecular flexibility index (Phi) is 21.8. The van der Waals surface area contributed by atoms with Crippen LogP contribution in [0.2, 0.25) is 0 Å². The molecule has 18 rings (SSSR count).